The third kappa shape index (κ3) is 4.06. The van der Waals surface area contributed by atoms with Crippen LogP contribution in [0, 0.1) is 5.92 Å². The maximum absolute atomic E-state index is 12.3. The maximum Gasteiger partial charge on any atom is 0.238 e. The van der Waals surface area contributed by atoms with Crippen LogP contribution in [0.3, 0.4) is 0 Å². The molecule has 6 nitrogen and oxygen atoms in total. The minimum atomic E-state index is -3.69. The lowest BCUT2D eigenvalue weighted by Gasteiger charge is -2.37. The molecule has 22 heavy (non-hydrogen) atoms. The summed E-state index contributed by atoms with van der Waals surface area (Å²) in [6.45, 7) is 2.27. The van der Waals surface area contributed by atoms with Crippen molar-refractivity contribution in [2.45, 2.75) is 49.6 Å². The standard InChI is InChI=1S/C15H23N3O3S/c1-15(16)9-3-2-4-13(15)14(19)18-10-11-5-7-12(8-6-11)22(17,20)21/h5-8,13H,2-4,9-10,16H2,1H3,(H,18,19)(H2,17,20,21). The van der Waals surface area contributed by atoms with Crippen molar-refractivity contribution < 1.29 is 13.2 Å². The van der Waals surface area contributed by atoms with Crippen LogP contribution in [-0.4, -0.2) is 19.9 Å². The molecule has 2 rings (SSSR count). The zero-order valence-corrected chi connectivity index (χ0v) is 13.5. The highest BCUT2D eigenvalue weighted by Gasteiger charge is 2.37. The van der Waals surface area contributed by atoms with Gasteiger partial charge in [-0.05, 0) is 37.5 Å². The van der Waals surface area contributed by atoms with Crippen molar-refractivity contribution in [2.75, 3.05) is 0 Å². The Morgan fingerprint density at radius 1 is 1.32 bits per heavy atom. The van der Waals surface area contributed by atoms with Crippen molar-refractivity contribution >= 4 is 15.9 Å². The minimum Gasteiger partial charge on any atom is -0.352 e. The number of benzene rings is 1. The summed E-state index contributed by atoms with van der Waals surface area (Å²) in [6.07, 6.45) is 3.75. The third-order valence-corrected chi connectivity index (χ3v) is 5.22. The van der Waals surface area contributed by atoms with Gasteiger partial charge in [0.25, 0.3) is 0 Å². The van der Waals surface area contributed by atoms with Crippen LogP contribution < -0.4 is 16.2 Å². The topological polar surface area (TPSA) is 115 Å². The molecule has 1 aliphatic rings. The normalized spacial score (nSPS) is 25.7. The van der Waals surface area contributed by atoms with Gasteiger partial charge in [-0.25, -0.2) is 13.6 Å². The fourth-order valence-electron chi connectivity index (χ4n) is 2.90. The number of hydrogen-bond donors (Lipinski definition) is 3. The molecule has 122 valence electrons. The Morgan fingerprint density at radius 3 is 2.50 bits per heavy atom. The first-order valence-corrected chi connectivity index (χ1v) is 8.93. The number of amides is 1. The molecule has 1 amide bonds. The minimum absolute atomic E-state index is 0.0415. The van der Waals surface area contributed by atoms with E-state index in [1.807, 2.05) is 6.92 Å². The molecule has 0 bridgehead atoms. The number of carbonyl (C=O) groups excluding carboxylic acids is 1. The van der Waals surface area contributed by atoms with Crippen LogP contribution in [0.4, 0.5) is 0 Å². The van der Waals surface area contributed by atoms with Gasteiger partial charge in [-0.15, -0.1) is 0 Å². The number of nitrogens with one attached hydrogen (secondary N) is 1. The lowest BCUT2D eigenvalue weighted by atomic mass is 9.74. The summed E-state index contributed by atoms with van der Waals surface area (Å²) < 4.78 is 22.4. The van der Waals surface area contributed by atoms with E-state index in [-0.39, 0.29) is 16.7 Å². The molecule has 0 aliphatic heterocycles. The fourth-order valence-corrected chi connectivity index (χ4v) is 3.41. The van der Waals surface area contributed by atoms with E-state index in [4.69, 9.17) is 10.9 Å². The Bertz CT molecular complexity index is 639. The third-order valence-electron chi connectivity index (χ3n) is 4.29. The van der Waals surface area contributed by atoms with Crippen LogP contribution >= 0.6 is 0 Å². The summed E-state index contributed by atoms with van der Waals surface area (Å²) in [4.78, 5) is 12.4. The SMILES string of the molecule is CC1(N)CCCCC1C(=O)NCc1ccc(S(N)(=O)=O)cc1. The Hall–Kier alpha value is -1.44. The molecule has 1 saturated carbocycles. The highest BCUT2D eigenvalue weighted by Crippen LogP contribution is 2.31. The van der Waals surface area contributed by atoms with Crippen LogP contribution in [0.5, 0.6) is 0 Å². The second-order valence-corrected chi connectivity index (χ2v) is 7.77. The average molecular weight is 325 g/mol. The fraction of sp³-hybridized carbons (Fsp3) is 0.533. The molecule has 0 aromatic heterocycles. The summed E-state index contributed by atoms with van der Waals surface area (Å²) in [7, 11) is -3.69. The molecule has 7 heteroatoms. The molecule has 0 spiro atoms. The summed E-state index contributed by atoms with van der Waals surface area (Å²) in [5, 5.41) is 7.93. The first kappa shape index (κ1) is 16.9. The molecule has 0 saturated heterocycles. The van der Waals surface area contributed by atoms with Gasteiger partial charge < -0.3 is 11.1 Å². The van der Waals surface area contributed by atoms with Crippen LogP contribution in [0.15, 0.2) is 29.2 Å². The quantitative estimate of drug-likeness (QED) is 0.761. The highest BCUT2D eigenvalue weighted by atomic mass is 32.2. The number of nitrogens with two attached hydrogens (primary N) is 2. The van der Waals surface area contributed by atoms with Gasteiger partial charge in [0, 0.05) is 12.1 Å². The molecular weight excluding hydrogens is 302 g/mol. The molecule has 0 radical (unpaired) electrons. The van der Waals surface area contributed by atoms with Crippen molar-refractivity contribution in [3.05, 3.63) is 29.8 Å². The monoisotopic (exact) mass is 325 g/mol. The van der Waals surface area contributed by atoms with E-state index in [0.717, 1.165) is 31.2 Å². The molecule has 1 aromatic carbocycles. The van der Waals surface area contributed by atoms with Gasteiger partial charge in [0.15, 0.2) is 0 Å². The molecule has 1 fully saturated rings. The lowest BCUT2D eigenvalue weighted by molar-refractivity contribution is -0.128. The number of sulfonamides is 1. The van der Waals surface area contributed by atoms with Gasteiger partial charge in [-0.3, -0.25) is 4.79 Å². The van der Waals surface area contributed by atoms with Gasteiger partial charge in [-0.1, -0.05) is 25.0 Å². The smallest absolute Gasteiger partial charge is 0.238 e. The Kier molecular flexibility index (Phi) is 4.89. The van der Waals surface area contributed by atoms with Crippen molar-refractivity contribution in [2.24, 2.45) is 16.8 Å². The Balaban J connectivity index is 1.96. The largest absolute Gasteiger partial charge is 0.352 e. The first-order chi connectivity index (χ1) is 10.2. The number of hydrogen-bond acceptors (Lipinski definition) is 4. The van der Waals surface area contributed by atoms with Crippen molar-refractivity contribution in [1.82, 2.24) is 5.32 Å². The van der Waals surface area contributed by atoms with Gasteiger partial charge >= 0.3 is 0 Å². The molecule has 1 aliphatic carbocycles. The van der Waals surface area contributed by atoms with E-state index in [1.54, 1.807) is 12.1 Å². The van der Waals surface area contributed by atoms with Gasteiger partial charge in [0.05, 0.1) is 10.8 Å². The zero-order valence-electron chi connectivity index (χ0n) is 12.7. The molecule has 2 atom stereocenters. The van der Waals surface area contributed by atoms with Crippen molar-refractivity contribution in [3.8, 4) is 0 Å². The first-order valence-electron chi connectivity index (χ1n) is 7.38. The number of rotatable bonds is 4. The summed E-state index contributed by atoms with van der Waals surface area (Å²) in [5.41, 5.74) is 6.57. The highest BCUT2D eigenvalue weighted by molar-refractivity contribution is 7.89. The van der Waals surface area contributed by atoms with Crippen LogP contribution in [-0.2, 0) is 21.4 Å². The van der Waals surface area contributed by atoms with E-state index >= 15 is 0 Å². The summed E-state index contributed by atoms with van der Waals surface area (Å²) in [6, 6.07) is 6.15. The Morgan fingerprint density at radius 2 is 1.95 bits per heavy atom. The average Bonchev–Trinajstić information content (AvgIpc) is 2.44. The molecular formula is C15H23N3O3S. The van der Waals surface area contributed by atoms with Crippen LogP contribution in [0.1, 0.15) is 38.2 Å². The van der Waals surface area contributed by atoms with E-state index in [2.05, 4.69) is 5.32 Å². The van der Waals surface area contributed by atoms with E-state index in [9.17, 15) is 13.2 Å². The molecule has 2 unspecified atom stereocenters. The van der Waals surface area contributed by atoms with Gasteiger partial charge in [0.2, 0.25) is 15.9 Å². The second kappa shape index (κ2) is 6.36. The van der Waals surface area contributed by atoms with Gasteiger partial charge in [-0.2, -0.15) is 0 Å². The number of primary sulfonamides is 1. The van der Waals surface area contributed by atoms with E-state index in [0.29, 0.717) is 6.54 Å². The number of carbonyl (C=O) groups is 1. The van der Waals surface area contributed by atoms with E-state index < -0.39 is 15.6 Å². The molecule has 5 N–H and O–H groups in total. The predicted octanol–water partition coefficient (Wildman–Crippen LogP) is 0.858. The lowest BCUT2D eigenvalue weighted by Crippen LogP contribution is -2.52. The Labute approximate surface area is 131 Å². The van der Waals surface area contributed by atoms with Crippen LogP contribution in [0.25, 0.3) is 0 Å². The van der Waals surface area contributed by atoms with Crippen molar-refractivity contribution in [1.29, 1.82) is 0 Å². The predicted molar refractivity (Wildman–Crippen MR) is 84.2 cm³/mol. The van der Waals surface area contributed by atoms with E-state index in [1.165, 1.54) is 12.1 Å². The van der Waals surface area contributed by atoms with Crippen LogP contribution in [0.2, 0.25) is 0 Å². The molecule has 1 aromatic rings. The second-order valence-electron chi connectivity index (χ2n) is 6.21. The van der Waals surface area contributed by atoms with Crippen molar-refractivity contribution in [3.63, 3.8) is 0 Å². The zero-order chi connectivity index (χ0) is 16.4. The summed E-state index contributed by atoms with van der Waals surface area (Å²) >= 11 is 0. The van der Waals surface area contributed by atoms with Gasteiger partial charge in [0.1, 0.15) is 0 Å². The maximum atomic E-state index is 12.3. The molecule has 0 heterocycles. The summed E-state index contributed by atoms with van der Waals surface area (Å²) in [5.74, 6) is -0.217.